The lowest BCUT2D eigenvalue weighted by Gasteiger charge is -2.28. The van der Waals surface area contributed by atoms with E-state index >= 15 is 0 Å². The number of hydrogen-bond acceptors (Lipinski definition) is 10. The number of carbonyl (C=O) groups is 1. The second-order valence-electron chi connectivity index (χ2n) is 8.06. The standard InChI is InChI=1S/C23H28N8O2S/c1-16-5-10-34-20(16)21-27-22-19(23(28-21)31-6-8-33-9-7-31)26-18(30(22)4)13-29(3)15-25-12-17(14-32)11-24-2/h5,10-12,14H,2,6-9,13,15H2,1,3-4H3/b17-11+,25-12?. The van der Waals surface area contributed by atoms with Crippen molar-refractivity contribution >= 4 is 47.5 Å². The van der Waals surface area contributed by atoms with Crippen LogP contribution < -0.4 is 4.90 Å². The Kier molecular flexibility index (Phi) is 7.56. The molecule has 0 amide bonds. The molecule has 0 unspecified atom stereocenters. The van der Waals surface area contributed by atoms with Crippen molar-refractivity contribution in [3.8, 4) is 10.7 Å². The van der Waals surface area contributed by atoms with Crippen LogP contribution in [0.5, 0.6) is 0 Å². The third kappa shape index (κ3) is 5.11. The van der Waals surface area contributed by atoms with Gasteiger partial charge in [0.2, 0.25) is 0 Å². The summed E-state index contributed by atoms with van der Waals surface area (Å²) in [4.78, 5) is 39.0. The van der Waals surface area contributed by atoms with Gasteiger partial charge in [-0.05, 0) is 37.7 Å². The molecular formula is C23H28N8O2S. The number of nitrogens with zero attached hydrogens (tertiary/aromatic N) is 8. The van der Waals surface area contributed by atoms with Crippen molar-refractivity contribution in [3.05, 3.63) is 34.6 Å². The smallest absolute Gasteiger partial charge is 0.174 e. The summed E-state index contributed by atoms with van der Waals surface area (Å²) in [6.07, 6.45) is 3.56. The fraction of sp³-hybridized carbons (Fsp3) is 0.391. The molecule has 0 aromatic carbocycles. The van der Waals surface area contributed by atoms with Gasteiger partial charge in [0.15, 0.2) is 29.1 Å². The molecule has 34 heavy (non-hydrogen) atoms. The van der Waals surface area contributed by atoms with E-state index in [2.05, 4.69) is 40.0 Å². The predicted octanol–water partition coefficient (Wildman–Crippen LogP) is 2.48. The van der Waals surface area contributed by atoms with E-state index in [1.807, 2.05) is 23.6 Å². The van der Waals surface area contributed by atoms with Crippen LogP contribution in [0.2, 0.25) is 0 Å². The number of anilines is 1. The molecule has 1 fully saturated rings. The highest BCUT2D eigenvalue weighted by Crippen LogP contribution is 2.32. The van der Waals surface area contributed by atoms with Crippen molar-refractivity contribution in [2.24, 2.45) is 17.0 Å². The first-order valence-corrected chi connectivity index (χ1v) is 11.8. The lowest BCUT2D eigenvalue weighted by Crippen LogP contribution is -2.37. The fourth-order valence-corrected chi connectivity index (χ4v) is 4.57. The second kappa shape index (κ2) is 10.8. The Labute approximate surface area is 202 Å². The van der Waals surface area contributed by atoms with Crippen LogP contribution in [0.1, 0.15) is 11.4 Å². The first kappa shape index (κ1) is 23.9. The molecule has 0 radical (unpaired) electrons. The highest BCUT2D eigenvalue weighted by molar-refractivity contribution is 7.13. The molecule has 0 N–H and O–H groups in total. The largest absolute Gasteiger partial charge is 0.378 e. The van der Waals surface area contributed by atoms with Gasteiger partial charge in [0.05, 0.1) is 36.9 Å². The summed E-state index contributed by atoms with van der Waals surface area (Å²) in [5.74, 6) is 2.42. The molecule has 0 atom stereocenters. The zero-order valence-corrected chi connectivity index (χ0v) is 20.5. The minimum Gasteiger partial charge on any atom is -0.378 e. The van der Waals surface area contributed by atoms with E-state index in [4.69, 9.17) is 19.7 Å². The molecule has 0 saturated carbocycles. The second-order valence-corrected chi connectivity index (χ2v) is 8.98. The maximum absolute atomic E-state index is 11.0. The van der Waals surface area contributed by atoms with Crippen molar-refractivity contribution in [1.29, 1.82) is 0 Å². The van der Waals surface area contributed by atoms with Crippen molar-refractivity contribution in [1.82, 2.24) is 24.4 Å². The minimum absolute atomic E-state index is 0.368. The zero-order valence-electron chi connectivity index (χ0n) is 19.6. The van der Waals surface area contributed by atoms with Crippen LogP contribution >= 0.6 is 11.3 Å². The fourth-order valence-electron chi connectivity index (χ4n) is 3.71. The number of thiophene rings is 1. The highest BCUT2D eigenvalue weighted by atomic mass is 32.1. The Bertz CT molecular complexity index is 1240. The average Bonchev–Trinajstić information content (AvgIpc) is 3.41. The quantitative estimate of drug-likeness (QED) is 0.263. The van der Waals surface area contributed by atoms with E-state index in [0.29, 0.717) is 38.3 Å². The normalized spacial score (nSPS) is 15.1. The number of aliphatic imine (C=N–C) groups is 2. The van der Waals surface area contributed by atoms with Gasteiger partial charge in [-0.15, -0.1) is 11.3 Å². The van der Waals surface area contributed by atoms with Crippen LogP contribution in [0.25, 0.3) is 21.9 Å². The SMILES string of the molecule is C=N/C=C(/C=O)C=NCN(C)Cc1nc2c(N3CCOCC3)nc(-c3sccc3C)nc2n1C. The molecule has 11 heteroatoms. The molecule has 4 heterocycles. The van der Waals surface area contributed by atoms with E-state index in [-0.39, 0.29) is 0 Å². The van der Waals surface area contributed by atoms with Gasteiger partial charge in [-0.3, -0.25) is 19.7 Å². The van der Waals surface area contributed by atoms with Crippen molar-refractivity contribution < 1.29 is 9.53 Å². The van der Waals surface area contributed by atoms with Crippen LogP contribution in [-0.4, -0.2) is 83.7 Å². The molecule has 0 spiro atoms. The highest BCUT2D eigenvalue weighted by Gasteiger charge is 2.23. The topological polar surface area (TPSA) is 101 Å². The van der Waals surface area contributed by atoms with Gasteiger partial charge in [-0.1, -0.05) is 0 Å². The lowest BCUT2D eigenvalue weighted by molar-refractivity contribution is -0.104. The molecular weight excluding hydrogens is 452 g/mol. The van der Waals surface area contributed by atoms with Gasteiger partial charge in [-0.25, -0.2) is 15.0 Å². The number of morpholine rings is 1. The number of hydrogen-bond donors (Lipinski definition) is 0. The Balaban J connectivity index is 1.66. The summed E-state index contributed by atoms with van der Waals surface area (Å²) in [7, 11) is 3.92. The zero-order chi connectivity index (χ0) is 24.1. The van der Waals surface area contributed by atoms with Crippen LogP contribution in [0.15, 0.2) is 33.2 Å². The first-order valence-electron chi connectivity index (χ1n) is 10.9. The molecule has 1 aliphatic heterocycles. The van der Waals surface area contributed by atoms with Crippen molar-refractivity contribution in [2.75, 3.05) is 44.9 Å². The maximum Gasteiger partial charge on any atom is 0.174 e. The van der Waals surface area contributed by atoms with E-state index in [9.17, 15) is 4.79 Å². The summed E-state index contributed by atoms with van der Waals surface area (Å²) in [5.41, 5.74) is 3.12. The van der Waals surface area contributed by atoms with Crippen LogP contribution in [0, 0.1) is 6.92 Å². The molecule has 3 aromatic rings. The number of allylic oxidation sites excluding steroid dienone is 1. The molecule has 0 bridgehead atoms. The van der Waals surface area contributed by atoms with Crippen LogP contribution in [0.3, 0.4) is 0 Å². The predicted molar refractivity (Wildman–Crippen MR) is 136 cm³/mol. The molecule has 0 aliphatic carbocycles. The Morgan fingerprint density at radius 3 is 2.79 bits per heavy atom. The van der Waals surface area contributed by atoms with Gasteiger partial charge >= 0.3 is 0 Å². The van der Waals surface area contributed by atoms with E-state index < -0.39 is 0 Å². The molecule has 4 rings (SSSR count). The van der Waals surface area contributed by atoms with E-state index in [1.165, 1.54) is 12.4 Å². The van der Waals surface area contributed by atoms with Gasteiger partial charge in [-0.2, -0.15) is 0 Å². The van der Waals surface area contributed by atoms with Crippen molar-refractivity contribution in [2.45, 2.75) is 13.5 Å². The summed E-state index contributed by atoms with van der Waals surface area (Å²) in [6, 6.07) is 2.09. The minimum atomic E-state index is 0.368. The monoisotopic (exact) mass is 480 g/mol. The number of ether oxygens (including phenoxy) is 1. The van der Waals surface area contributed by atoms with Gasteiger partial charge in [0.25, 0.3) is 0 Å². The third-order valence-electron chi connectivity index (χ3n) is 5.52. The molecule has 3 aromatic heterocycles. The number of aldehydes is 1. The molecule has 1 aliphatic rings. The van der Waals surface area contributed by atoms with Crippen molar-refractivity contribution in [3.63, 3.8) is 0 Å². The number of imidazole rings is 1. The molecule has 10 nitrogen and oxygen atoms in total. The molecule has 1 saturated heterocycles. The average molecular weight is 481 g/mol. The third-order valence-corrected chi connectivity index (χ3v) is 6.53. The number of aromatic nitrogens is 4. The van der Waals surface area contributed by atoms with Gasteiger partial charge in [0, 0.05) is 32.6 Å². The Morgan fingerprint density at radius 1 is 1.32 bits per heavy atom. The van der Waals surface area contributed by atoms with Gasteiger partial charge < -0.3 is 14.2 Å². The lowest BCUT2D eigenvalue weighted by atomic mass is 10.2. The summed E-state index contributed by atoms with van der Waals surface area (Å²) < 4.78 is 7.57. The van der Waals surface area contributed by atoms with Gasteiger partial charge in [0.1, 0.15) is 5.82 Å². The summed E-state index contributed by atoms with van der Waals surface area (Å²) >= 11 is 1.64. The first-order chi connectivity index (χ1) is 16.5. The maximum atomic E-state index is 11.0. The summed E-state index contributed by atoms with van der Waals surface area (Å²) in [5, 5.41) is 2.06. The van der Waals surface area contributed by atoms with E-state index in [0.717, 1.165) is 52.2 Å². The summed E-state index contributed by atoms with van der Waals surface area (Å²) in [6.45, 7) is 9.25. The van der Waals surface area contributed by atoms with Crippen LogP contribution in [0.4, 0.5) is 5.82 Å². The number of rotatable bonds is 9. The Morgan fingerprint density at radius 2 is 2.12 bits per heavy atom. The Hall–Kier alpha value is -3.28. The van der Waals surface area contributed by atoms with Crippen LogP contribution in [-0.2, 0) is 23.1 Å². The number of fused-ring (bicyclic) bond motifs is 1. The number of aryl methyl sites for hydroxylation is 2. The number of carbonyl (C=O) groups excluding carboxylic acids is 1. The van der Waals surface area contributed by atoms with E-state index in [1.54, 1.807) is 11.3 Å². The molecule has 178 valence electrons.